The van der Waals surface area contributed by atoms with Crippen LogP contribution in [0.4, 0.5) is 19.4 Å². The van der Waals surface area contributed by atoms with Crippen LogP contribution in [0, 0.1) is 5.82 Å². The first kappa shape index (κ1) is 38.5. The average molecular weight is 811 g/mol. The third kappa shape index (κ3) is 7.14. The first-order valence-corrected chi connectivity index (χ1v) is 19.9. The number of ether oxygens (including phenoxy) is 5. The molecule has 17 heteroatoms. The summed E-state index contributed by atoms with van der Waals surface area (Å²) >= 11 is 0. The summed E-state index contributed by atoms with van der Waals surface area (Å²) < 4.78 is 60.9. The van der Waals surface area contributed by atoms with E-state index in [9.17, 15) is 14.0 Å². The zero-order valence-corrected chi connectivity index (χ0v) is 33.1. The van der Waals surface area contributed by atoms with E-state index in [1.54, 1.807) is 18.3 Å². The molecule has 0 saturated carbocycles. The lowest BCUT2D eigenvalue weighted by Crippen LogP contribution is -2.57. The zero-order chi connectivity index (χ0) is 40.9. The van der Waals surface area contributed by atoms with Crippen molar-refractivity contribution in [1.82, 2.24) is 35.1 Å². The first-order chi connectivity index (χ1) is 28.6. The summed E-state index contributed by atoms with van der Waals surface area (Å²) in [5.74, 6) is -1.22. The molecule has 0 radical (unpaired) electrons. The number of esters is 1. The quantitative estimate of drug-likeness (QED) is 0.151. The predicted molar refractivity (Wildman–Crippen MR) is 212 cm³/mol. The molecule has 3 fully saturated rings. The Kier molecular flexibility index (Phi) is 10.0. The fraction of sp³-hybridized carbons (Fsp3) is 0.452. The number of rotatable bonds is 7. The molecule has 1 N–H and O–H groups in total. The third-order valence-corrected chi connectivity index (χ3v) is 12.0. The summed E-state index contributed by atoms with van der Waals surface area (Å²) in [5, 5.41) is 4.70. The van der Waals surface area contributed by atoms with Crippen molar-refractivity contribution >= 4 is 39.6 Å². The number of alkyl carbamates (subject to hydrolysis) is 1. The minimum absolute atomic E-state index is 0.0292. The van der Waals surface area contributed by atoms with Crippen LogP contribution in [0.15, 0.2) is 42.9 Å². The second kappa shape index (κ2) is 15.3. The topological polar surface area (TPSA) is 163 Å². The number of nitrogens with zero attached hydrogens (tertiary/aromatic N) is 7. The van der Waals surface area contributed by atoms with Gasteiger partial charge >= 0.3 is 18.1 Å². The highest BCUT2D eigenvalue weighted by Gasteiger charge is 2.49. The third-order valence-electron chi connectivity index (χ3n) is 12.0. The molecule has 8 heterocycles. The molecule has 3 saturated heterocycles. The van der Waals surface area contributed by atoms with Crippen molar-refractivity contribution in [3.63, 3.8) is 0 Å². The molecule has 6 bridgehead atoms. The van der Waals surface area contributed by atoms with Crippen molar-refractivity contribution in [2.24, 2.45) is 0 Å². The van der Waals surface area contributed by atoms with Gasteiger partial charge in [0.25, 0.3) is 0 Å². The van der Waals surface area contributed by atoms with Gasteiger partial charge in [-0.25, -0.2) is 28.3 Å². The second-order valence-electron chi connectivity index (χ2n) is 16.0. The first-order valence-electron chi connectivity index (χ1n) is 19.9. The summed E-state index contributed by atoms with van der Waals surface area (Å²) in [5.41, 5.74) is -0.221. The number of piperidine rings is 1. The average Bonchev–Trinajstić information content (AvgIpc) is 3.76. The number of aromatic nitrogens is 5. The maximum atomic E-state index is 17.6. The lowest BCUT2D eigenvalue weighted by atomic mass is 9.91. The smallest absolute Gasteiger partial charge is 0.407 e. The van der Waals surface area contributed by atoms with Crippen LogP contribution in [0.1, 0.15) is 61.4 Å². The molecule has 5 aromatic rings. The molecule has 10 rings (SSSR count). The van der Waals surface area contributed by atoms with E-state index in [4.69, 9.17) is 33.7 Å². The van der Waals surface area contributed by atoms with Crippen molar-refractivity contribution in [2.45, 2.75) is 69.1 Å². The Hall–Kier alpha value is -5.97. The number of fused-ring (bicyclic) bond motifs is 7. The molecular formula is C42H44F2N8O7. The van der Waals surface area contributed by atoms with Gasteiger partial charge in [0.15, 0.2) is 11.4 Å². The SMILES string of the molecule is COc1ncnc(OC)c1C(=O)Oc1cc2c3c(cccc3c1)CCCOC(=O)N[C@]1(C)CCCN(C1)c1nc(OC[C@@]34CCCN3C[C@H](F)C4)nc3c(F)c-2ncc13. The summed E-state index contributed by atoms with van der Waals surface area (Å²) in [4.78, 5) is 53.4. The summed E-state index contributed by atoms with van der Waals surface area (Å²) in [6.07, 6.45) is 5.63. The van der Waals surface area contributed by atoms with E-state index in [-0.39, 0.29) is 53.5 Å². The Bertz CT molecular complexity index is 2450. The Morgan fingerprint density at radius 1 is 1.05 bits per heavy atom. The number of anilines is 1. The summed E-state index contributed by atoms with van der Waals surface area (Å²) in [7, 11) is 2.72. The van der Waals surface area contributed by atoms with Gasteiger partial charge in [-0.05, 0) is 80.5 Å². The fourth-order valence-electron chi connectivity index (χ4n) is 9.32. The summed E-state index contributed by atoms with van der Waals surface area (Å²) in [6.45, 7) is 4.28. The summed E-state index contributed by atoms with van der Waals surface area (Å²) in [6, 6.07) is 8.77. The highest BCUT2D eigenvalue weighted by Crippen LogP contribution is 2.42. The number of nitrogens with one attached hydrogen (secondary N) is 1. The van der Waals surface area contributed by atoms with Crippen LogP contribution in [0.2, 0.25) is 0 Å². The highest BCUT2D eigenvalue weighted by molar-refractivity contribution is 6.03. The molecule has 59 heavy (non-hydrogen) atoms. The maximum absolute atomic E-state index is 17.6. The maximum Gasteiger partial charge on any atom is 0.407 e. The molecule has 2 aromatic carbocycles. The number of amides is 1. The molecule has 5 aliphatic heterocycles. The molecular weight excluding hydrogens is 767 g/mol. The van der Waals surface area contributed by atoms with E-state index in [2.05, 4.69) is 25.2 Å². The van der Waals surface area contributed by atoms with Gasteiger partial charge in [-0.2, -0.15) is 9.97 Å². The molecule has 1 amide bonds. The number of pyridine rings is 1. The number of benzene rings is 2. The van der Waals surface area contributed by atoms with Crippen molar-refractivity contribution in [1.29, 1.82) is 0 Å². The van der Waals surface area contributed by atoms with Gasteiger partial charge in [0.2, 0.25) is 11.8 Å². The number of alkyl halides is 1. The van der Waals surface area contributed by atoms with Crippen molar-refractivity contribution < 1.29 is 42.1 Å². The second-order valence-corrected chi connectivity index (χ2v) is 16.0. The standard InChI is InChI=1S/C42H44F2N8O7/c1-41-11-6-13-51(21-41)35-29-19-45-33(32(44)34(29)48-39(49-35)58-22-42-12-7-14-52(42)20-26(43)18-42)28-17-27(59-38(53)31-36(55-2)46-23-47-37(31)56-3)16-25-9-4-8-24(30(25)28)10-5-15-57-40(54)50-41/h4,8-9,16-17,19,23,26H,5-7,10-15,18,20-22H2,1-3H3,(H,50,54)/t26-,41-,42+/m1/s1. The molecule has 3 atom stereocenters. The van der Waals surface area contributed by atoms with Gasteiger partial charge in [-0.3, -0.25) is 9.88 Å². The number of carbonyl (C=O) groups excluding carboxylic acids is 2. The molecule has 15 nitrogen and oxygen atoms in total. The van der Waals surface area contributed by atoms with Crippen molar-refractivity contribution in [3.05, 3.63) is 59.8 Å². The molecule has 0 spiro atoms. The lowest BCUT2D eigenvalue weighted by Gasteiger charge is -2.41. The monoisotopic (exact) mass is 810 g/mol. The van der Waals surface area contributed by atoms with Gasteiger partial charge < -0.3 is 33.9 Å². The van der Waals surface area contributed by atoms with Crippen LogP contribution in [-0.4, -0.2) is 113 Å². The Balaban J connectivity index is 1.21. The Labute approximate surface area is 338 Å². The van der Waals surface area contributed by atoms with Crippen LogP contribution in [0.25, 0.3) is 32.9 Å². The fourth-order valence-corrected chi connectivity index (χ4v) is 9.32. The molecule has 308 valence electrons. The lowest BCUT2D eigenvalue weighted by molar-refractivity contribution is 0.0725. The molecule has 3 aromatic heterocycles. The molecule has 0 aliphatic carbocycles. The number of hydrogen-bond acceptors (Lipinski definition) is 14. The number of carbonyl (C=O) groups is 2. The van der Waals surface area contributed by atoms with E-state index in [1.165, 1.54) is 20.5 Å². The number of halogens is 2. The normalized spacial score (nSPS) is 23.2. The Morgan fingerprint density at radius 2 is 1.86 bits per heavy atom. The minimum atomic E-state index is -0.959. The van der Waals surface area contributed by atoms with Crippen molar-refractivity contribution in [2.75, 3.05) is 58.5 Å². The van der Waals surface area contributed by atoms with E-state index >= 15 is 4.39 Å². The number of methoxy groups -OCH3 is 2. The Morgan fingerprint density at radius 3 is 2.68 bits per heavy atom. The van der Waals surface area contributed by atoms with E-state index in [0.29, 0.717) is 79.3 Å². The predicted octanol–water partition coefficient (Wildman–Crippen LogP) is 6.00. The van der Waals surface area contributed by atoms with E-state index in [0.717, 1.165) is 24.9 Å². The largest absolute Gasteiger partial charge is 0.480 e. The van der Waals surface area contributed by atoms with Gasteiger partial charge in [0.1, 0.15) is 41.9 Å². The molecule has 0 unspecified atom stereocenters. The van der Waals surface area contributed by atoms with Gasteiger partial charge in [-0.15, -0.1) is 0 Å². The van der Waals surface area contributed by atoms with Gasteiger partial charge in [-0.1, -0.05) is 18.2 Å². The van der Waals surface area contributed by atoms with Crippen LogP contribution in [0.3, 0.4) is 0 Å². The van der Waals surface area contributed by atoms with Crippen LogP contribution in [0.5, 0.6) is 23.5 Å². The van der Waals surface area contributed by atoms with Crippen LogP contribution >= 0.6 is 0 Å². The van der Waals surface area contributed by atoms with Gasteiger partial charge in [0, 0.05) is 37.8 Å². The number of aryl methyl sites for hydroxylation is 1. The van der Waals surface area contributed by atoms with E-state index < -0.39 is 35.1 Å². The van der Waals surface area contributed by atoms with Crippen molar-refractivity contribution in [3.8, 4) is 34.8 Å². The highest BCUT2D eigenvalue weighted by atomic mass is 19.1. The zero-order valence-electron chi connectivity index (χ0n) is 33.1. The van der Waals surface area contributed by atoms with Crippen LogP contribution < -0.4 is 29.2 Å². The minimum Gasteiger partial charge on any atom is -0.480 e. The molecule has 5 aliphatic rings. The van der Waals surface area contributed by atoms with Gasteiger partial charge in [0.05, 0.1) is 37.3 Å². The van der Waals surface area contributed by atoms with Crippen LogP contribution in [-0.2, 0) is 11.2 Å². The number of hydrogen-bond donors (Lipinski definition) is 1. The van der Waals surface area contributed by atoms with E-state index in [1.807, 2.05) is 30.0 Å².